The fourth-order valence-electron chi connectivity index (χ4n) is 2.85. The van der Waals surface area contributed by atoms with Gasteiger partial charge in [-0.25, -0.2) is 9.37 Å². The Morgan fingerprint density at radius 2 is 2.11 bits per heavy atom. The lowest BCUT2D eigenvalue weighted by atomic mass is 10.1. The summed E-state index contributed by atoms with van der Waals surface area (Å²) in [6, 6.07) is 13.8. The van der Waals surface area contributed by atoms with Gasteiger partial charge in [0, 0.05) is 24.5 Å². The summed E-state index contributed by atoms with van der Waals surface area (Å²) in [5, 5.41) is 4.74. The van der Waals surface area contributed by atoms with Crippen LogP contribution in [-0.2, 0) is 6.54 Å². The van der Waals surface area contributed by atoms with Crippen LogP contribution in [0, 0.1) is 12.7 Å². The molecule has 0 N–H and O–H groups in total. The molecule has 0 atom stereocenters. The van der Waals surface area contributed by atoms with Crippen LogP contribution in [0.15, 0.2) is 60.9 Å². The number of halogens is 1. The molecule has 5 nitrogen and oxygen atoms in total. The molecule has 27 heavy (non-hydrogen) atoms. The first-order chi connectivity index (χ1) is 13.1. The van der Waals surface area contributed by atoms with Gasteiger partial charge in [0.1, 0.15) is 5.82 Å². The van der Waals surface area contributed by atoms with Gasteiger partial charge in [-0.3, -0.25) is 14.4 Å². The summed E-state index contributed by atoms with van der Waals surface area (Å²) >= 11 is 1.31. The van der Waals surface area contributed by atoms with Gasteiger partial charge in [0.15, 0.2) is 5.13 Å². The van der Waals surface area contributed by atoms with E-state index in [1.54, 1.807) is 27.9 Å². The molecule has 0 fully saturated rings. The average Bonchev–Trinajstić information content (AvgIpc) is 3.31. The molecule has 0 saturated carbocycles. The number of thiazole rings is 1. The number of hydrogen-bond donors (Lipinski definition) is 0. The van der Waals surface area contributed by atoms with E-state index in [9.17, 15) is 9.18 Å². The van der Waals surface area contributed by atoms with Crippen LogP contribution < -0.4 is 4.90 Å². The maximum absolute atomic E-state index is 13.5. The summed E-state index contributed by atoms with van der Waals surface area (Å²) in [4.78, 5) is 19.4. The first-order valence-corrected chi connectivity index (χ1v) is 9.34. The molecule has 4 aromatic rings. The Kier molecular flexibility index (Phi) is 4.68. The van der Waals surface area contributed by atoms with Crippen molar-refractivity contribution in [1.29, 1.82) is 0 Å². The second-order valence-corrected chi connectivity index (χ2v) is 7.21. The van der Waals surface area contributed by atoms with Crippen LogP contribution in [0.4, 0.5) is 9.52 Å². The van der Waals surface area contributed by atoms with E-state index in [1.165, 1.54) is 23.5 Å². The van der Waals surface area contributed by atoms with Crippen molar-refractivity contribution < 1.29 is 9.18 Å². The Morgan fingerprint density at radius 1 is 1.22 bits per heavy atom. The van der Waals surface area contributed by atoms with Gasteiger partial charge in [-0.1, -0.05) is 29.0 Å². The maximum Gasteiger partial charge on any atom is 0.260 e. The molecule has 0 unspecified atom stereocenters. The average molecular weight is 380 g/mol. The number of amides is 1. The van der Waals surface area contributed by atoms with Gasteiger partial charge in [0.25, 0.3) is 5.91 Å². The van der Waals surface area contributed by atoms with E-state index >= 15 is 0 Å². The molecule has 4 rings (SSSR count). The molecule has 0 saturated heterocycles. The smallest absolute Gasteiger partial charge is 0.260 e. The Bertz CT molecular complexity index is 1090. The molecular formula is C20H17FN4OS. The molecule has 0 bridgehead atoms. The molecule has 1 amide bonds. The fourth-order valence-corrected chi connectivity index (χ4v) is 3.87. The predicted octanol–water partition coefficient (Wildman–Crippen LogP) is 4.29. The lowest BCUT2D eigenvalue weighted by Crippen LogP contribution is -2.34. The molecule has 0 aliphatic heterocycles. The largest absolute Gasteiger partial charge is 0.282 e. The third-order valence-corrected chi connectivity index (χ3v) is 5.23. The van der Waals surface area contributed by atoms with E-state index in [4.69, 9.17) is 0 Å². The molecule has 0 radical (unpaired) electrons. The van der Waals surface area contributed by atoms with Gasteiger partial charge in [-0.15, -0.1) is 0 Å². The number of nitrogens with zero attached hydrogens (tertiary/aromatic N) is 4. The van der Waals surface area contributed by atoms with Crippen LogP contribution in [0.5, 0.6) is 0 Å². The van der Waals surface area contributed by atoms with Crippen molar-refractivity contribution in [2.75, 3.05) is 11.4 Å². The van der Waals surface area contributed by atoms with Crippen molar-refractivity contribution in [2.45, 2.75) is 13.5 Å². The van der Waals surface area contributed by atoms with Crippen LogP contribution in [0.3, 0.4) is 0 Å². The number of carbonyl (C=O) groups is 1. The number of anilines is 1. The zero-order valence-electron chi connectivity index (χ0n) is 14.7. The topological polar surface area (TPSA) is 51.0 Å². The van der Waals surface area contributed by atoms with Gasteiger partial charge in [0.2, 0.25) is 0 Å². The van der Waals surface area contributed by atoms with Crippen molar-refractivity contribution in [1.82, 2.24) is 14.8 Å². The lowest BCUT2D eigenvalue weighted by molar-refractivity contribution is 0.0985. The number of hydrogen-bond acceptors (Lipinski definition) is 4. The number of aromatic nitrogens is 3. The van der Waals surface area contributed by atoms with E-state index < -0.39 is 0 Å². The van der Waals surface area contributed by atoms with Crippen molar-refractivity contribution >= 4 is 32.6 Å². The number of fused-ring (bicyclic) bond motifs is 1. The summed E-state index contributed by atoms with van der Waals surface area (Å²) in [5.74, 6) is -0.448. The Morgan fingerprint density at radius 3 is 2.89 bits per heavy atom. The molecule has 7 heteroatoms. The molecule has 0 aliphatic rings. The predicted molar refractivity (Wildman–Crippen MR) is 105 cm³/mol. The normalized spacial score (nSPS) is 11.0. The summed E-state index contributed by atoms with van der Waals surface area (Å²) in [6.45, 7) is 2.90. The van der Waals surface area contributed by atoms with Crippen LogP contribution >= 0.6 is 11.3 Å². The molecule has 136 valence electrons. The summed E-state index contributed by atoms with van der Waals surface area (Å²) < 4.78 is 16.0. The van der Waals surface area contributed by atoms with Crippen LogP contribution in [0.2, 0.25) is 0 Å². The molecule has 2 aromatic carbocycles. The van der Waals surface area contributed by atoms with Gasteiger partial charge >= 0.3 is 0 Å². The highest BCUT2D eigenvalue weighted by molar-refractivity contribution is 7.22. The Hall–Kier alpha value is -3.06. The van der Waals surface area contributed by atoms with Crippen molar-refractivity contribution in [3.8, 4) is 0 Å². The molecular weight excluding hydrogens is 363 g/mol. The maximum atomic E-state index is 13.5. The van der Waals surface area contributed by atoms with Crippen molar-refractivity contribution in [3.05, 3.63) is 77.9 Å². The third-order valence-electron chi connectivity index (χ3n) is 4.19. The highest BCUT2D eigenvalue weighted by atomic mass is 32.1. The number of aryl methyl sites for hydroxylation is 1. The zero-order chi connectivity index (χ0) is 18.8. The van der Waals surface area contributed by atoms with Gasteiger partial charge in [-0.05, 0) is 43.3 Å². The SMILES string of the molecule is Cc1cccc(C(=O)N(CCn2cccn2)c2nc3ccc(F)cc3s2)c1. The standard InChI is InChI=1S/C20H17FN4OS/c1-14-4-2-5-15(12-14)19(26)25(11-10-24-9-3-8-22-24)20-23-17-7-6-16(21)13-18(17)27-20/h2-9,12-13H,10-11H2,1H3. The fraction of sp³-hybridized carbons (Fsp3) is 0.150. The van der Waals surface area contributed by atoms with E-state index in [2.05, 4.69) is 10.1 Å². The minimum Gasteiger partial charge on any atom is -0.282 e. The minimum atomic E-state index is -0.314. The Labute approximate surface area is 159 Å². The van der Waals surface area contributed by atoms with E-state index in [-0.39, 0.29) is 11.7 Å². The lowest BCUT2D eigenvalue weighted by Gasteiger charge is -2.20. The summed E-state index contributed by atoms with van der Waals surface area (Å²) in [5.41, 5.74) is 2.29. The molecule has 0 aliphatic carbocycles. The van der Waals surface area contributed by atoms with Crippen molar-refractivity contribution in [2.24, 2.45) is 0 Å². The van der Waals surface area contributed by atoms with Crippen molar-refractivity contribution in [3.63, 3.8) is 0 Å². The number of benzene rings is 2. The minimum absolute atomic E-state index is 0.134. The van der Waals surface area contributed by atoms with Crippen LogP contribution in [-0.4, -0.2) is 27.2 Å². The Balaban J connectivity index is 1.70. The highest BCUT2D eigenvalue weighted by Gasteiger charge is 2.21. The van der Waals surface area contributed by atoms with Gasteiger partial charge < -0.3 is 0 Å². The second-order valence-electron chi connectivity index (χ2n) is 6.20. The molecule has 2 heterocycles. The quantitative estimate of drug-likeness (QED) is 0.519. The second kappa shape index (κ2) is 7.28. The van der Waals surface area contributed by atoms with E-state index in [0.717, 1.165) is 5.56 Å². The summed E-state index contributed by atoms with van der Waals surface area (Å²) in [7, 11) is 0. The number of carbonyl (C=O) groups excluding carboxylic acids is 1. The first kappa shape index (κ1) is 17.4. The highest BCUT2D eigenvalue weighted by Crippen LogP contribution is 2.30. The van der Waals surface area contributed by atoms with E-state index in [1.807, 2.05) is 37.4 Å². The van der Waals surface area contributed by atoms with Crippen LogP contribution in [0.1, 0.15) is 15.9 Å². The van der Waals surface area contributed by atoms with Crippen LogP contribution in [0.25, 0.3) is 10.2 Å². The monoisotopic (exact) mass is 380 g/mol. The summed E-state index contributed by atoms with van der Waals surface area (Å²) in [6.07, 6.45) is 3.55. The zero-order valence-corrected chi connectivity index (χ0v) is 15.5. The first-order valence-electron chi connectivity index (χ1n) is 8.52. The molecule has 0 spiro atoms. The molecule has 2 aromatic heterocycles. The third kappa shape index (κ3) is 3.73. The van der Waals surface area contributed by atoms with E-state index in [0.29, 0.717) is 34.0 Å². The van der Waals surface area contributed by atoms with Gasteiger partial charge in [-0.2, -0.15) is 5.10 Å². The van der Waals surface area contributed by atoms with Gasteiger partial charge in [0.05, 0.1) is 16.8 Å². The number of rotatable bonds is 5.